The summed E-state index contributed by atoms with van der Waals surface area (Å²) in [5.41, 5.74) is -0.871. The van der Waals surface area contributed by atoms with Gasteiger partial charge in [0, 0.05) is 11.8 Å². The van der Waals surface area contributed by atoms with Gasteiger partial charge in [0.05, 0.1) is 23.1 Å². The standard InChI is InChI=1S/C18H13F5N2O2/c19-10-3-6-15(14(20)7-10)25-17(27)13-8-12(13)16(26)24-11-4-1-9(2-5-11)18(21,22)23/h1-7,12-13H,8H2,(H,24,26)(H,25,27). The number of benzene rings is 2. The van der Waals surface area contributed by atoms with E-state index in [0.717, 1.165) is 36.4 Å². The quantitative estimate of drug-likeness (QED) is 0.777. The maximum absolute atomic E-state index is 13.5. The van der Waals surface area contributed by atoms with Crippen molar-refractivity contribution in [3.63, 3.8) is 0 Å². The van der Waals surface area contributed by atoms with Gasteiger partial charge >= 0.3 is 6.18 Å². The fraction of sp³-hybridized carbons (Fsp3) is 0.222. The van der Waals surface area contributed by atoms with Crippen LogP contribution in [0, 0.1) is 23.5 Å². The number of alkyl halides is 3. The summed E-state index contributed by atoms with van der Waals surface area (Å²) in [7, 11) is 0. The molecule has 3 rings (SSSR count). The Morgan fingerprint density at radius 2 is 1.48 bits per heavy atom. The fourth-order valence-electron chi connectivity index (χ4n) is 2.57. The molecule has 0 spiro atoms. The third-order valence-corrected chi connectivity index (χ3v) is 4.13. The van der Waals surface area contributed by atoms with Gasteiger partial charge in [0.1, 0.15) is 11.6 Å². The molecule has 0 heterocycles. The molecular formula is C18H13F5N2O2. The molecule has 1 fully saturated rings. The SMILES string of the molecule is O=C(Nc1ccc(C(F)(F)F)cc1)C1CC1C(=O)Nc1ccc(F)cc1F. The maximum atomic E-state index is 13.5. The molecule has 0 aromatic heterocycles. The van der Waals surface area contributed by atoms with E-state index in [0.29, 0.717) is 6.07 Å². The van der Waals surface area contributed by atoms with E-state index in [1.165, 1.54) is 0 Å². The molecule has 2 unspecified atom stereocenters. The van der Waals surface area contributed by atoms with Gasteiger partial charge in [-0.25, -0.2) is 8.78 Å². The highest BCUT2D eigenvalue weighted by molar-refractivity contribution is 6.03. The number of hydrogen-bond donors (Lipinski definition) is 2. The normalized spacial score (nSPS) is 18.7. The molecule has 4 nitrogen and oxygen atoms in total. The van der Waals surface area contributed by atoms with E-state index in [2.05, 4.69) is 10.6 Å². The summed E-state index contributed by atoms with van der Waals surface area (Å²) in [6.45, 7) is 0. The highest BCUT2D eigenvalue weighted by atomic mass is 19.4. The van der Waals surface area contributed by atoms with Gasteiger partial charge in [-0.15, -0.1) is 0 Å². The average molecular weight is 384 g/mol. The molecule has 1 saturated carbocycles. The molecule has 2 amide bonds. The van der Waals surface area contributed by atoms with E-state index in [1.54, 1.807) is 0 Å². The fourth-order valence-corrected chi connectivity index (χ4v) is 2.57. The van der Waals surface area contributed by atoms with Crippen molar-refractivity contribution in [1.29, 1.82) is 0 Å². The first-order valence-corrected chi connectivity index (χ1v) is 7.89. The maximum Gasteiger partial charge on any atom is 0.416 e. The Hall–Kier alpha value is -2.97. The van der Waals surface area contributed by atoms with Crippen molar-refractivity contribution >= 4 is 23.2 Å². The topological polar surface area (TPSA) is 58.2 Å². The van der Waals surface area contributed by atoms with Gasteiger partial charge < -0.3 is 10.6 Å². The van der Waals surface area contributed by atoms with Crippen molar-refractivity contribution in [3.05, 3.63) is 59.7 Å². The number of amides is 2. The zero-order chi connectivity index (χ0) is 19.8. The molecule has 2 N–H and O–H groups in total. The van der Waals surface area contributed by atoms with Crippen molar-refractivity contribution in [2.45, 2.75) is 12.6 Å². The largest absolute Gasteiger partial charge is 0.416 e. The van der Waals surface area contributed by atoms with Crippen molar-refractivity contribution in [2.75, 3.05) is 10.6 Å². The molecule has 2 atom stereocenters. The Labute approximate surface area is 150 Å². The molecule has 0 bridgehead atoms. The van der Waals surface area contributed by atoms with Crippen LogP contribution < -0.4 is 10.6 Å². The Balaban J connectivity index is 1.56. The van der Waals surface area contributed by atoms with Crippen LogP contribution in [0.4, 0.5) is 33.3 Å². The second-order valence-corrected chi connectivity index (χ2v) is 6.13. The minimum absolute atomic E-state index is 0.170. The molecule has 0 aliphatic heterocycles. The monoisotopic (exact) mass is 384 g/mol. The summed E-state index contributed by atoms with van der Waals surface area (Å²) in [5.74, 6) is -4.19. The molecule has 2 aromatic rings. The molecule has 2 aromatic carbocycles. The van der Waals surface area contributed by atoms with Gasteiger partial charge in [-0.1, -0.05) is 0 Å². The van der Waals surface area contributed by atoms with Gasteiger partial charge in [0.25, 0.3) is 0 Å². The zero-order valence-electron chi connectivity index (χ0n) is 13.6. The van der Waals surface area contributed by atoms with Crippen molar-refractivity contribution in [2.24, 2.45) is 11.8 Å². The molecule has 142 valence electrons. The summed E-state index contributed by atoms with van der Waals surface area (Å²) >= 11 is 0. The molecular weight excluding hydrogens is 371 g/mol. The van der Waals surface area contributed by atoms with E-state index in [1.807, 2.05) is 0 Å². The van der Waals surface area contributed by atoms with Gasteiger partial charge in [-0.2, -0.15) is 13.2 Å². The summed E-state index contributed by atoms with van der Waals surface area (Å²) in [6, 6.07) is 6.59. The molecule has 1 aliphatic rings. The van der Waals surface area contributed by atoms with Gasteiger partial charge in [-0.3, -0.25) is 9.59 Å². The van der Waals surface area contributed by atoms with E-state index in [9.17, 15) is 31.5 Å². The lowest BCUT2D eigenvalue weighted by Gasteiger charge is -2.09. The van der Waals surface area contributed by atoms with Crippen LogP contribution in [0.25, 0.3) is 0 Å². The third kappa shape index (κ3) is 4.42. The molecule has 0 radical (unpaired) electrons. The van der Waals surface area contributed by atoms with E-state index in [-0.39, 0.29) is 17.8 Å². The van der Waals surface area contributed by atoms with Crippen LogP contribution in [0.5, 0.6) is 0 Å². The summed E-state index contributed by atoms with van der Waals surface area (Å²) in [4.78, 5) is 24.2. The Bertz CT molecular complexity index is 880. The Kier molecular flexibility index (Phi) is 4.86. The smallest absolute Gasteiger partial charge is 0.326 e. The average Bonchev–Trinajstić information content (AvgIpc) is 3.38. The van der Waals surface area contributed by atoms with E-state index in [4.69, 9.17) is 0 Å². The summed E-state index contributed by atoms with van der Waals surface area (Å²) < 4.78 is 63.9. The number of anilines is 2. The predicted octanol–water partition coefficient (Wildman–Crippen LogP) is 4.20. The van der Waals surface area contributed by atoms with Crippen LogP contribution in [0.1, 0.15) is 12.0 Å². The molecule has 9 heteroatoms. The zero-order valence-corrected chi connectivity index (χ0v) is 13.6. The summed E-state index contributed by atoms with van der Waals surface area (Å²) in [5, 5.41) is 4.73. The van der Waals surface area contributed by atoms with Gasteiger partial charge in [-0.05, 0) is 42.8 Å². The highest BCUT2D eigenvalue weighted by Gasteiger charge is 2.48. The van der Waals surface area contributed by atoms with Crippen LogP contribution in [0.2, 0.25) is 0 Å². The lowest BCUT2D eigenvalue weighted by atomic mass is 10.2. The number of hydrogen-bond acceptors (Lipinski definition) is 2. The lowest BCUT2D eigenvalue weighted by Crippen LogP contribution is -2.21. The highest BCUT2D eigenvalue weighted by Crippen LogP contribution is 2.40. The van der Waals surface area contributed by atoms with Crippen molar-refractivity contribution in [3.8, 4) is 0 Å². The van der Waals surface area contributed by atoms with Gasteiger partial charge in [0.15, 0.2) is 0 Å². The molecule has 0 saturated heterocycles. The number of carbonyl (C=O) groups excluding carboxylic acids is 2. The number of carbonyl (C=O) groups is 2. The second-order valence-electron chi connectivity index (χ2n) is 6.13. The third-order valence-electron chi connectivity index (χ3n) is 4.13. The number of halogens is 5. The number of rotatable bonds is 4. The number of nitrogens with one attached hydrogen (secondary N) is 2. The minimum Gasteiger partial charge on any atom is -0.326 e. The lowest BCUT2D eigenvalue weighted by molar-refractivity contribution is -0.137. The Morgan fingerprint density at radius 1 is 0.889 bits per heavy atom. The van der Waals surface area contributed by atoms with Crippen LogP contribution >= 0.6 is 0 Å². The Morgan fingerprint density at radius 3 is 2.04 bits per heavy atom. The van der Waals surface area contributed by atoms with Crippen LogP contribution in [0.15, 0.2) is 42.5 Å². The summed E-state index contributed by atoms with van der Waals surface area (Å²) in [6.07, 6.45) is -4.25. The minimum atomic E-state index is -4.47. The second kappa shape index (κ2) is 6.98. The van der Waals surface area contributed by atoms with Crippen LogP contribution in [0.3, 0.4) is 0 Å². The molecule has 1 aliphatic carbocycles. The first-order valence-electron chi connectivity index (χ1n) is 7.89. The van der Waals surface area contributed by atoms with Crippen molar-refractivity contribution < 1.29 is 31.5 Å². The van der Waals surface area contributed by atoms with Crippen molar-refractivity contribution in [1.82, 2.24) is 0 Å². The first kappa shape index (κ1) is 18.8. The van der Waals surface area contributed by atoms with Crippen LogP contribution in [-0.4, -0.2) is 11.8 Å². The molecule has 27 heavy (non-hydrogen) atoms. The van der Waals surface area contributed by atoms with Crippen LogP contribution in [-0.2, 0) is 15.8 Å². The van der Waals surface area contributed by atoms with E-state index < -0.39 is 47.0 Å². The predicted molar refractivity (Wildman–Crippen MR) is 86.7 cm³/mol. The van der Waals surface area contributed by atoms with Gasteiger partial charge in [0.2, 0.25) is 11.8 Å². The first-order chi connectivity index (χ1) is 12.6. The van der Waals surface area contributed by atoms with E-state index >= 15 is 0 Å².